The molecule has 1 aromatic carbocycles. The number of fused-ring (bicyclic) bond motifs is 1. The van der Waals surface area contributed by atoms with Crippen LogP contribution in [0.5, 0.6) is 0 Å². The van der Waals surface area contributed by atoms with E-state index in [-0.39, 0.29) is 0 Å². The molecule has 20 heavy (non-hydrogen) atoms. The number of aromatic carboxylic acids is 1. The summed E-state index contributed by atoms with van der Waals surface area (Å²) in [5, 5.41) is 9.85. The molecule has 5 nitrogen and oxygen atoms in total. The summed E-state index contributed by atoms with van der Waals surface area (Å²) in [5.74, 6) is -0.0131. The molecular formula is C15H18N2O3. The third-order valence-electron chi connectivity index (χ3n) is 3.79. The van der Waals surface area contributed by atoms with E-state index in [4.69, 9.17) is 9.52 Å². The number of hydrogen-bond acceptors (Lipinski definition) is 4. The fourth-order valence-electron chi connectivity index (χ4n) is 2.54. The van der Waals surface area contributed by atoms with Gasteiger partial charge in [-0.15, -0.1) is 0 Å². The number of carboxylic acids is 1. The van der Waals surface area contributed by atoms with Gasteiger partial charge in [-0.3, -0.25) is 4.90 Å². The van der Waals surface area contributed by atoms with E-state index in [9.17, 15) is 4.79 Å². The largest absolute Gasteiger partial charge is 0.478 e. The van der Waals surface area contributed by atoms with E-state index in [1.54, 1.807) is 18.2 Å². The Labute approximate surface area is 117 Å². The molecule has 0 spiro atoms. The first kappa shape index (κ1) is 13.1. The number of carboxylic acid groups (broad SMARTS) is 1. The molecule has 1 fully saturated rings. The summed E-state index contributed by atoms with van der Waals surface area (Å²) in [6.45, 7) is 5.00. The van der Waals surface area contributed by atoms with E-state index >= 15 is 0 Å². The average molecular weight is 274 g/mol. The van der Waals surface area contributed by atoms with Crippen LogP contribution < -0.4 is 0 Å². The Morgan fingerprint density at radius 2 is 2.00 bits per heavy atom. The van der Waals surface area contributed by atoms with Gasteiger partial charge in [-0.25, -0.2) is 4.79 Å². The normalized spacial score (nSPS) is 17.6. The molecule has 2 aromatic rings. The van der Waals surface area contributed by atoms with Crippen LogP contribution in [0.4, 0.5) is 0 Å². The maximum absolute atomic E-state index is 11.0. The first-order chi connectivity index (χ1) is 9.61. The second kappa shape index (κ2) is 5.26. The fourth-order valence-corrected chi connectivity index (χ4v) is 2.54. The molecule has 1 N–H and O–H groups in total. The van der Waals surface area contributed by atoms with Crippen LogP contribution in [0.3, 0.4) is 0 Å². The van der Waals surface area contributed by atoms with Crippen molar-refractivity contribution in [2.24, 2.45) is 0 Å². The van der Waals surface area contributed by atoms with Gasteiger partial charge in [0.2, 0.25) is 0 Å². The number of likely N-dealkylation sites (N-methyl/N-ethyl adjacent to an activating group) is 1. The summed E-state index contributed by atoms with van der Waals surface area (Å²) in [5.41, 5.74) is 1.04. The zero-order chi connectivity index (χ0) is 14.1. The van der Waals surface area contributed by atoms with Crippen LogP contribution in [-0.4, -0.2) is 54.1 Å². The van der Waals surface area contributed by atoms with Crippen molar-refractivity contribution in [2.75, 3.05) is 33.2 Å². The number of benzene rings is 1. The van der Waals surface area contributed by atoms with Gasteiger partial charge in [-0.05, 0) is 31.3 Å². The maximum atomic E-state index is 11.0. The van der Waals surface area contributed by atoms with Gasteiger partial charge in [0, 0.05) is 31.6 Å². The molecule has 0 amide bonds. The van der Waals surface area contributed by atoms with Gasteiger partial charge in [-0.1, -0.05) is 0 Å². The third kappa shape index (κ3) is 2.69. The Morgan fingerprint density at radius 1 is 1.25 bits per heavy atom. The van der Waals surface area contributed by atoms with Crippen LogP contribution >= 0.6 is 0 Å². The number of hydrogen-bond donors (Lipinski definition) is 1. The molecule has 1 aromatic heterocycles. The van der Waals surface area contributed by atoms with E-state index < -0.39 is 5.97 Å². The molecule has 0 saturated carbocycles. The quantitative estimate of drug-likeness (QED) is 0.926. The van der Waals surface area contributed by atoms with E-state index in [2.05, 4.69) is 16.8 Å². The van der Waals surface area contributed by atoms with Crippen molar-refractivity contribution >= 4 is 16.9 Å². The lowest BCUT2D eigenvalue weighted by Gasteiger charge is -2.31. The van der Waals surface area contributed by atoms with Crippen molar-refractivity contribution in [1.82, 2.24) is 9.80 Å². The monoisotopic (exact) mass is 274 g/mol. The summed E-state index contributed by atoms with van der Waals surface area (Å²) in [4.78, 5) is 15.6. The smallest absolute Gasteiger partial charge is 0.335 e. The highest BCUT2D eigenvalue weighted by Gasteiger charge is 2.16. The van der Waals surface area contributed by atoms with Crippen molar-refractivity contribution in [1.29, 1.82) is 0 Å². The van der Waals surface area contributed by atoms with Crippen molar-refractivity contribution in [3.8, 4) is 0 Å². The van der Waals surface area contributed by atoms with Crippen molar-refractivity contribution in [2.45, 2.75) is 6.54 Å². The second-order valence-corrected chi connectivity index (χ2v) is 5.35. The molecule has 106 valence electrons. The summed E-state index contributed by atoms with van der Waals surface area (Å²) in [6, 6.07) is 6.91. The standard InChI is InChI=1S/C15H18N2O3/c1-16-4-6-17(7-5-16)10-13-9-12-8-11(15(18)19)2-3-14(12)20-13/h2-3,8-9H,4-7,10H2,1H3,(H,18,19). The lowest BCUT2D eigenvalue weighted by molar-refractivity contribution is 0.0697. The van der Waals surface area contributed by atoms with Gasteiger partial charge in [0.15, 0.2) is 0 Å². The van der Waals surface area contributed by atoms with Crippen LogP contribution in [0.25, 0.3) is 11.0 Å². The molecule has 0 bridgehead atoms. The average Bonchev–Trinajstić information content (AvgIpc) is 2.82. The summed E-state index contributed by atoms with van der Waals surface area (Å²) < 4.78 is 5.78. The van der Waals surface area contributed by atoms with E-state index in [1.807, 2.05) is 6.07 Å². The minimum Gasteiger partial charge on any atom is -0.478 e. The Hall–Kier alpha value is -1.85. The lowest BCUT2D eigenvalue weighted by atomic mass is 10.1. The highest BCUT2D eigenvalue weighted by molar-refractivity contribution is 5.93. The van der Waals surface area contributed by atoms with Gasteiger partial charge >= 0.3 is 5.97 Å². The van der Waals surface area contributed by atoms with Gasteiger partial charge in [0.1, 0.15) is 11.3 Å². The molecule has 2 heterocycles. The third-order valence-corrected chi connectivity index (χ3v) is 3.79. The number of furan rings is 1. The van der Waals surface area contributed by atoms with E-state index in [1.165, 1.54) is 0 Å². The van der Waals surface area contributed by atoms with Crippen LogP contribution in [0.2, 0.25) is 0 Å². The first-order valence-corrected chi connectivity index (χ1v) is 6.78. The van der Waals surface area contributed by atoms with Gasteiger partial charge in [0.25, 0.3) is 0 Å². The first-order valence-electron chi connectivity index (χ1n) is 6.78. The highest BCUT2D eigenvalue weighted by Crippen LogP contribution is 2.22. The molecule has 1 aliphatic rings. The summed E-state index contributed by atoms with van der Waals surface area (Å²) >= 11 is 0. The topological polar surface area (TPSA) is 56.9 Å². The van der Waals surface area contributed by atoms with Gasteiger partial charge in [-0.2, -0.15) is 0 Å². The van der Waals surface area contributed by atoms with Crippen molar-refractivity contribution in [3.63, 3.8) is 0 Å². The molecular weight excluding hydrogens is 256 g/mol. The molecule has 0 radical (unpaired) electrons. The minimum atomic E-state index is -0.909. The van der Waals surface area contributed by atoms with Gasteiger partial charge < -0.3 is 14.4 Å². The number of piperazine rings is 1. The van der Waals surface area contributed by atoms with Crippen LogP contribution in [0.1, 0.15) is 16.1 Å². The second-order valence-electron chi connectivity index (χ2n) is 5.35. The molecule has 1 saturated heterocycles. The Bertz CT molecular complexity index is 627. The predicted octanol–water partition coefficient (Wildman–Crippen LogP) is 1.88. The molecule has 0 atom stereocenters. The Kier molecular flexibility index (Phi) is 3.46. The van der Waals surface area contributed by atoms with E-state index in [0.717, 1.165) is 49.5 Å². The van der Waals surface area contributed by atoms with Gasteiger partial charge in [0.05, 0.1) is 12.1 Å². The maximum Gasteiger partial charge on any atom is 0.335 e. The molecule has 5 heteroatoms. The predicted molar refractivity (Wildman–Crippen MR) is 75.9 cm³/mol. The SMILES string of the molecule is CN1CCN(Cc2cc3cc(C(=O)O)ccc3o2)CC1. The van der Waals surface area contributed by atoms with Crippen LogP contribution in [0.15, 0.2) is 28.7 Å². The Morgan fingerprint density at radius 3 is 2.70 bits per heavy atom. The summed E-state index contributed by atoms with van der Waals surface area (Å²) in [7, 11) is 2.13. The Balaban J connectivity index is 1.77. The van der Waals surface area contributed by atoms with Crippen LogP contribution in [-0.2, 0) is 6.54 Å². The number of carbonyl (C=O) groups is 1. The van der Waals surface area contributed by atoms with Crippen LogP contribution in [0, 0.1) is 0 Å². The number of rotatable bonds is 3. The fraction of sp³-hybridized carbons (Fsp3) is 0.400. The lowest BCUT2D eigenvalue weighted by Crippen LogP contribution is -2.43. The summed E-state index contributed by atoms with van der Waals surface area (Å²) in [6.07, 6.45) is 0. The zero-order valence-corrected chi connectivity index (χ0v) is 11.5. The number of nitrogens with zero attached hydrogens (tertiary/aromatic N) is 2. The molecule has 0 unspecified atom stereocenters. The van der Waals surface area contributed by atoms with E-state index in [0.29, 0.717) is 5.56 Å². The van der Waals surface area contributed by atoms with Crippen molar-refractivity contribution < 1.29 is 14.3 Å². The minimum absolute atomic E-state index is 0.296. The molecule has 3 rings (SSSR count). The molecule has 1 aliphatic heterocycles. The zero-order valence-electron chi connectivity index (χ0n) is 11.5. The van der Waals surface area contributed by atoms with Crippen molar-refractivity contribution in [3.05, 3.63) is 35.6 Å². The highest BCUT2D eigenvalue weighted by atomic mass is 16.4. The molecule has 0 aliphatic carbocycles.